The van der Waals surface area contributed by atoms with Gasteiger partial charge in [-0.2, -0.15) is 0 Å². The number of aromatic nitrogens is 1. The number of pyridine rings is 1. The quantitative estimate of drug-likeness (QED) is 0.778. The number of carbonyl (C=O) groups is 3. The van der Waals surface area contributed by atoms with Crippen molar-refractivity contribution in [2.75, 3.05) is 32.1 Å². The zero-order chi connectivity index (χ0) is 20.1. The lowest BCUT2D eigenvalue weighted by molar-refractivity contribution is -0.131. The zero-order valence-corrected chi connectivity index (χ0v) is 16.7. The highest BCUT2D eigenvalue weighted by Crippen LogP contribution is 2.21. The Morgan fingerprint density at radius 2 is 1.82 bits per heavy atom. The Hall–Kier alpha value is -2.64. The van der Waals surface area contributed by atoms with Crippen LogP contribution in [0, 0.1) is 0 Å². The predicted octanol–water partition coefficient (Wildman–Crippen LogP) is 1.75. The lowest BCUT2D eigenvalue weighted by Gasteiger charge is -2.27. The minimum absolute atomic E-state index is 0.0370. The van der Waals surface area contributed by atoms with E-state index >= 15 is 0 Å². The molecule has 2 fully saturated rings. The smallest absolute Gasteiger partial charge is 0.326 e. The summed E-state index contributed by atoms with van der Waals surface area (Å²) in [6.07, 6.45) is 7.83. The lowest BCUT2D eigenvalue weighted by Crippen LogP contribution is -2.37. The molecule has 2 aliphatic heterocycles. The SMILES string of the molecule is CN1C(=O)[C@H](CC(=O)NCc2cccnc2N2CCCCCCC2)N(C)C1=O. The van der Waals surface area contributed by atoms with Crippen molar-refractivity contribution < 1.29 is 14.4 Å². The molecule has 0 spiro atoms. The molecule has 8 heteroatoms. The Bertz CT molecular complexity index is 730. The summed E-state index contributed by atoms with van der Waals surface area (Å²) < 4.78 is 0. The third kappa shape index (κ3) is 4.43. The summed E-state index contributed by atoms with van der Waals surface area (Å²) in [7, 11) is 2.98. The molecule has 3 rings (SSSR count). The maximum atomic E-state index is 12.4. The van der Waals surface area contributed by atoms with E-state index in [2.05, 4.69) is 15.2 Å². The minimum Gasteiger partial charge on any atom is -0.356 e. The van der Waals surface area contributed by atoms with Gasteiger partial charge in [0.05, 0.1) is 6.42 Å². The van der Waals surface area contributed by atoms with Gasteiger partial charge in [0.1, 0.15) is 11.9 Å². The zero-order valence-electron chi connectivity index (χ0n) is 16.7. The Labute approximate surface area is 165 Å². The molecule has 1 atom stereocenters. The molecular weight excluding hydrogens is 358 g/mol. The van der Waals surface area contributed by atoms with Gasteiger partial charge in [-0.3, -0.25) is 14.5 Å². The van der Waals surface area contributed by atoms with Crippen LogP contribution in [0.3, 0.4) is 0 Å². The van der Waals surface area contributed by atoms with Crippen molar-refractivity contribution in [3.63, 3.8) is 0 Å². The number of hydrogen-bond acceptors (Lipinski definition) is 5. The molecule has 0 aliphatic carbocycles. The largest absolute Gasteiger partial charge is 0.356 e. The first kappa shape index (κ1) is 20.1. The van der Waals surface area contributed by atoms with Crippen LogP contribution < -0.4 is 10.2 Å². The number of urea groups is 1. The van der Waals surface area contributed by atoms with Crippen LogP contribution in [0.25, 0.3) is 0 Å². The fourth-order valence-electron chi connectivity index (χ4n) is 3.83. The van der Waals surface area contributed by atoms with E-state index in [9.17, 15) is 14.4 Å². The van der Waals surface area contributed by atoms with Gasteiger partial charge in [0, 0.05) is 45.5 Å². The first-order valence-electron chi connectivity index (χ1n) is 9.99. The van der Waals surface area contributed by atoms with Crippen LogP contribution in [0.1, 0.15) is 44.1 Å². The van der Waals surface area contributed by atoms with Gasteiger partial charge in [0.2, 0.25) is 5.91 Å². The molecule has 28 heavy (non-hydrogen) atoms. The number of likely N-dealkylation sites (N-methyl/N-ethyl adjacent to an activating group) is 2. The molecule has 1 N–H and O–H groups in total. The molecule has 3 heterocycles. The summed E-state index contributed by atoms with van der Waals surface area (Å²) in [5.41, 5.74) is 0.968. The number of amides is 4. The highest BCUT2D eigenvalue weighted by molar-refractivity contribution is 6.05. The number of nitrogens with one attached hydrogen (secondary N) is 1. The second-order valence-electron chi connectivity index (χ2n) is 7.53. The van der Waals surface area contributed by atoms with Crippen molar-refractivity contribution in [3.8, 4) is 0 Å². The van der Waals surface area contributed by atoms with Gasteiger partial charge in [0.15, 0.2) is 0 Å². The fourth-order valence-corrected chi connectivity index (χ4v) is 3.83. The van der Waals surface area contributed by atoms with E-state index in [0.29, 0.717) is 6.54 Å². The van der Waals surface area contributed by atoms with E-state index in [0.717, 1.165) is 42.2 Å². The van der Waals surface area contributed by atoms with Gasteiger partial charge < -0.3 is 15.1 Å². The summed E-state index contributed by atoms with van der Waals surface area (Å²) in [5.74, 6) is 0.329. The van der Waals surface area contributed by atoms with Gasteiger partial charge in [-0.25, -0.2) is 9.78 Å². The summed E-state index contributed by atoms with van der Waals surface area (Å²) in [4.78, 5) is 45.6. The van der Waals surface area contributed by atoms with Crippen molar-refractivity contribution >= 4 is 23.7 Å². The predicted molar refractivity (Wildman–Crippen MR) is 106 cm³/mol. The number of carbonyl (C=O) groups excluding carboxylic acids is 3. The highest BCUT2D eigenvalue weighted by Gasteiger charge is 2.41. The van der Waals surface area contributed by atoms with E-state index in [1.54, 1.807) is 13.2 Å². The van der Waals surface area contributed by atoms with Crippen LogP contribution in [0.2, 0.25) is 0 Å². The van der Waals surface area contributed by atoms with Crippen molar-refractivity contribution in [3.05, 3.63) is 23.9 Å². The van der Waals surface area contributed by atoms with Gasteiger partial charge in [-0.1, -0.05) is 25.3 Å². The van der Waals surface area contributed by atoms with Crippen LogP contribution >= 0.6 is 0 Å². The molecule has 0 aromatic carbocycles. The molecule has 8 nitrogen and oxygen atoms in total. The summed E-state index contributed by atoms with van der Waals surface area (Å²) in [6.45, 7) is 2.31. The summed E-state index contributed by atoms with van der Waals surface area (Å²) in [5, 5.41) is 2.89. The monoisotopic (exact) mass is 387 g/mol. The molecular formula is C20H29N5O3. The molecule has 152 valence electrons. The number of hydrogen-bond donors (Lipinski definition) is 1. The number of imide groups is 1. The van der Waals surface area contributed by atoms with E-state index in [1.807, 2.05) is 12.1 Å². The van der Waals surface area contributed by atoms with Gasteiger partial charge in [-0.15, -0.1) is 0 Å². The molecule has 2 aliphatic rings. The molecule has 1 aromatic rings. The topological polar surface area (TPSA) is 85.8 Å². The maximum Gasteiger partial charge on any atom is 0.326 e. The Morgan fingerprint density at radius 3 is 2.46 bits per heavy atom. The second-order valence-corrected chi connectivity index (χ2v) is 7.53. The summed E-state index contributed by atoms with van der Waals surface area (Å²) in [6, 6.07) is 2.73. The molecule has 0 bridgehead atoms. The number of nitrogens with zero attached hydrogens (tertiary/aromatic N) is 4. The van der Waals surface area contributed by atoms with Gasteiger partial charge >= 0.3 is 6.03 Å². The lowest BCUT2D eigenvalue weighted by atomic mass is 10.1. The van der Waals surface area contributed by atoms with Crippen molar-refractivity contribution in [2.45, 2.75) is 51.1 Å². The standard InChI is InChI=1S/C20H29N5O3/c1-23-16(19(27)24(2)20(23)28)13-17(26)22-14-15-9-8-10-21-18(15)25-11-6-4-3-5-7-12-25/h8-10,16H,3-7,11-14H2,1-2H3,(H,22,26)/t16-/m0/s1. The van der Waals surface area contributed by atoms with Crippen LogP contribution in [0.4, 0.5) is 10.6 Å². The van der Waals surface area contributed by atoms with E-state index in [-0.39, 0.29) is 24.3 Å². The van der Waals surface area contributed by atoms with Crippen molar-refractivity contribution in [2.24, 2.45) is 0 Å². The molecule has 4 amide bonds. The molecule has 1 aromatic heterocycles. The number of rotatable bonds is 5. The second kappa shape index (κ2) is 9.03. The molecule has 0 unspecified atom stereocenters. The van der Waals surface area contributed by atoms with Gasteiger partial charge in [-0.05, 0) is 18.9 Å². The Kier molecular flexibility index (Phi) is 6.49. The minimum atomic E-state index is -0.736. The van der Waals surface area contributed by atoms with E-state index in [1.165, 1.54) is 31.2 Å². The Morgan fingerprint density at radius 1 is 1.14 bits per heavy atom. The average molecular weight is 387 g/mol. The number of anilines is 1. The summed E-state index contributed by atoms with van der Waals surface area (Å²) >= 11 is 0. The molecule has 0 radical (unpaired) electrons. The van der Waals surface area contributed by atoms with E-state index < -0.39 is 6.04 Å². The average Bonchev–Trinajstić information content (AvgIpc) is 2.84. The van der Waals surface area contributed by atoms with Crippen LogP contribution in [0.15, 0.2) is 18.3 Å². The van der Waals surface area contributed by atoms with Gasteiger partial charge in [0.25, 0.3) is 5.91 Å². The first-order chi connectivity index (χ1) is 13.5. The van der Waals surface area contributed by atoms with E-state index in [4.69, 9.17) is 0 Å². The van der Waals surface area contributed by atoms with Crippen LogP contribution in [0.5, 0.6) is 0 Å². The molecule has 0 saturated carbocycles. The highest BCUT2D eigenvalue weighted by atomic mass is 16.2. The maximum absolute atomic E-state index is 12.4. The van der Waals surface area contributed by atoms with Crippen molar-refractivity contribution in [1.82, 2.24) is 20.1 Å². The Balaban J connectivity index is 1.61. The van der Waals surface area contributed by atoms with Crippen molar-refractivity contribution in [1.29, 1.82) is 0 Å². The van der Waals surface area contributed by atoms with Crippen LogP contribution in [-0.2, 0) is 16.1 Å². The third-order valence-corrected chi connectivity index (χ3v) is 5.55. The first-order valence-corrected chi connectivity index (χ1v) is 9.99. The normalized spacial score (nSPS) is 20.9. The molecule has 2 saturated heterocycles. The van der Waals surface area contributed by atoms with Crippen LogP contribution in [-0.4, -0.2) is 65.9 Å². The fraction of sp³-hybridized carbons (Fsp3) is 0.600. The third-order valence-electron chi connectivity index (χ3n) is 5.55.